The number of rotatable bonds is 6. The molecule has 0 saturated carbocycles. The van der Waals surface area contributed by atoms with Crippen molar-refractivity contribution in [1.82, 2.24) is 15.3 Å². The van der Waals surface area contributed by atoms with Crippen LogP contribution >= 0.6 is 0 Å². The van der Waals surface area contributed by atoms with Crippen LogP contribution in [0.15, 0.2) is 12.3 Å². The number of hydrogen-bond donors (Lipinski definition) is 2. The highest BCUT2D eigenvalue weighted by Gasteiger charge is 1.99. The van der Waals surface area contributed by atoms with E-state index in [1.54, 1.807) is 6.20 Å². The van der Waals surface area contributed by atoms with Gasteiger partial charge in [0.15, 0.2) is 0 Å². The van der Waals surface area contributed by atoms with Gasteiger partial charge in [-0.25, -0.2) is 4.98 Å². The van der Waals surface area contributed by atoms with E-state index >= 15 is 0 Å². The van der Waals surface area contributed by atoms with Crippen LogP contribution in [0, 0.1) is 0 Å². The van der Waals surface area contributed by atoms with E-state index in [-0.39, 0.29) is 0 Å². The molecule has 0 unspecified atom stereocenters. The van der Waals surface area contributed by atoms with Crippen LogP contribution in [0.5, 0.6) is 0 Å². The number of nitrogens with zero attached hydrogens (tertiary/aromatic N) is 3. The van der Waals surface area contributed by atoms with Gasteiger partial charge in [0.05, 0.1) is 0 Å². The van der Waals surface area contributed by atoms with Gasteiger partial charge >= 0.3 is 0 Å². The van der Waals surface area contributed by atoms with Gasteiger partial charge in [0.2, 0.25) is 5.95 Å². The average molecular weight is 209 g/mol. The molecule has 1 aromatic heterocycles. The molecular weight excluding hydrogens is 190 g/mol. The first-order valence-electron chi connectivity index (χ1n) is 5.19. The Kier molecular flexibility index (Phi) is 4.83. The number of anilines is 2. The van der Waals surface area contributed by atoms with Gasteiger partial charge < -0.3 is 15.5 Å². The van der Waals surface area contributed by atoms with Gasteiger partial charge in [0.25, 0.3) is 0 Å². The number of aromatic nitrogens is 2. The molecule has 0 atom stereocenters. The molecule has 0 aliphatic heterocycles. The summed E-state index contributed by atoms with van der Waals surface area (Å²) < 4.78 is 0. The Morgan fingerprint density at radius 3 is 2.80 bits per heavy atom. The first-order chi connectivity index (χ1) is 7.24. The van der Waals surface area contributed by atoms with Gasteiger partial charge in [0, 0.05) is 33.4 Å². The summed E-state index contributed by atoms with van der Waals surface area (Å²) in [5.74, 6) is 1.59. The van der Waals surface area contributed by atoms with Gasteiger partial charge in [-0.15, -0.1) is 0 Å². The number of hydrogen-bond acceptors (Lipinski definition) is 5. The summed E-state index contributed by atoms with van der Waals surface area (Å²) in [4.78, 5) is 10.4. The van der Waals surface area contributed by atoms with Crippen molar-refractivity contribution < 1.29 is 0 Å². The molecule has 0 radical (unpaired) electrons. The molecule has 0 fully saturated rings. The van der Waals surface area contributed by atoms with Crippen molar-refractivity contribution in [3.05, 3.63) is 12.3 Å². The molecule has 0 saturated heterocycles. The largest absolute Gasteiger partial charge is 0.369 e. The third-order valence-corrected chi connectivity index (χ3v) is 1.90. The Morgan fingerprint density at radius 2 is 2.13 bits per heavy atom. The topological polar surface area (TPSA) is 53.1 Å². The van der Waals surface area contributed by atoms with Crippen LogP contribution in [-0.4, -0.2) is 43.7 Å². The molecule has 5 nitrogen and oxygen atoms in total. The van der Waals surface area contributed by atoms with E-state index < -0.39 is 0 Å². The lowest BCUT2D eigenvalue weighted by Gasteiger charge is -2.11. The zero-order valence-corrected chi connectivity index (χ0v) is 9.62. The monoisotopic (exact) mass is 209 g/mol. The Morgan fingerprint density at radius 1 is 1.33 bits per heavy atom. The standard InChI is InChI=1S/C10H19N5/c1-4-11-7-8-12-9-5-6-13-10(14-9)15(2)3/h5-6,11H,4,7-8H2,1-3H3,(H,12,13,14). The van der Waals surface area contributed by atoms with Crippen LogP contribution in [0.25, 0.3) is 0 Å². The van der Waals surface area contributed by atoms with Crippen molar-refractivity contribution in [3.63, 3.8) is 0 Å². The molecule has 0 spiro atoms. The molecule has 0 aliphatic carbocycles. The fourth-order valence-electron chi connectivity index (χ4n) is 1.12. The lowest BCUT2D eigenvalue weighted by molar-refractivity contribution is 0.737. The van der Waals surface area contributed by atoms with E-state index in [2.05, 4.69) is 27.5 Å². The molecule has 15 heavy (non-hydrogen) atoms. The maximum absolute atomic E-state index is 4.35. The SMILES string of the molecule is CCNCCNc1ccnc(N(C)C)n1. The van der Waals surface area contributed by atoms with E-state index in [9.17, 15) is 0 Å². The minimum absolute atomic E-state index is 0.725. The summed E-state index contributed by atoms with van der Waals surface area (Å²) in [7, 11) is 3.86. The summed E-state index contributed by atoms with van der Waals surface area (Å²) >= 11 is 0. The Labute approximate surface area is 90.9 Å². The molecule has 1 heterocycles. The second kappa shape index (κ2) is 6.19. The summed E-state index contributed by atoms with van der Waals surface area (Å²) in [6.45, 7) is 4.90. The highest BCUT2D eigenvalue weighted by molar-refractivity contribution is 5.40. The number of nitrogens with one attached hydrogen (secondary N) is 2. The maximum Gasteiger partial charge on any atom is 0.226 e. The van der Waals surface area contributed by atoms with Gasteiger partial charge in [-0.2, -0.15) is 4.98 Å². The quantitative estimate of drug-likeness (QED) is 0.671. The Hall–Kier alpha value is -1.36. The second-order valence-corrected chi connectivity index (χ2v) is 3.42. The molecule has 0 aromatic carbocycles. The van der Waals surface area contributed by atoms with Crippen LogP contribution in [0.2, 0.25) is 0 Å². The summed E-state index contributed by atoms with van der Waals surface area (Å²) in [5, 5.41) is 6.47. The summed E-state index contributed by atoms with van der Waals surface area (Å²) in [6.07, 6.45) is 1.76. The Bertz CT molecular complexity index is 287. The van der Waals surface area contributed by atoms with Crippen molar-refractivity contribution in [3.8, 4) is 0 Å². The van der Waals surface area contributed by atoms with E-state index in [1.807, 2.05) is 25.1 Å². The van der Waals surface area contributed by atoms with Gasteiger partial charge in [-0.1, -0.05) is 6.92 Å². The molecule has 5 heteroatoms. The van der Waals surface area contributed by atoms with Crippen LogP contribution in [0.1, 0.15) is 6.92 Å². The fourth-order valence-corrected chi connectivity index (χ4v) is 1.12. The zero-order valence-electron chi connectivity index (χ0n) is 9.62. The average Bonchev–Trinajstić information content (AvgIpc) is 2.25. The van der Waals surface area contributed by atoms with Crippen molar-refractivity contribution in [2.45, 2.75) is 6.92 Å². The van der Waals surface area contributed by atoms with E-state index in [0.717, 1.165) is 31.4 Å². The van der Waals surface area contributed by atoms with Gasteiger partial charge in [-0.05, 0) is 12.6 Å². The number of likely N-dealkylation sites (N-methyl/N-ethyl adjacent to an activating group) is 1. The highest BCUT2D eigenvalue weighted by atomic mass is 15.2. The van der Waals surface area contributed by atoms with Gasteiger partial charge in [-0.3, -0.25) is 0 Å². The van der Waals surface area contributed by atoms with Crippen LogP contribution in [0.4, 0.5) is 11.8 Å². The minimum atomic E-state index is 0.725. The Balaban J connectivity index is 2.43. The van der Waals surface area contributed by atoms with Crippen molar-refractivity contribution in [2.24, 2.45) is 0 Å². The van der Waals surface area contributed by atoms with Crippen LogP contribution in [0.3, 0.4) is 0 Å². The smallest absolute Gasteiger partial charge is 0.226 e. The predicted molar refractivity (Wildman–Crippen MR) is 63.4 cm³/mol. The van der Waals surface area contributed by atoms with E-state index in [1.165, 1.54) is 0 Å². The van der Waals surface area contributed by atoms with Crippen molar-refractivity contribution in [2.75, 3.05) is 43.9 Å². The highest BCUT2D eigenvalue weighted by Crippen LogP contribution is 2.06. The predicted octanol–water partition coefficient (Wildman–Crippen LogP) is 0.564. The minimum Gasteiger partial charge on any atom is -0.369 e. The summed E-state index contributed by atoms with van der Waals surface area (Å²) in [5.41, 5.74) is 0. The molecule has 1 aromatic rings. The molecule has 0 amide bonds. The molecule has 84 valence electrons. The first kappa shape index (κ1) is 11.7. The van der Waals surface area contributed by atoms with E-state index in [0.29, 0.717) is 0 Å². The normalized spacial score (nSPS) is 10.1. The first-order valence-corrected chi connectivity index (χ1v) is 5.19. The molecule has 2 N–H and O–H groups in total. The van der Waals surface area contributed by atoms with Gasteiger partial charge in [0.1, 0.15) is 5.82 Å². The van der Waals surface area contributed by atoms with Crippen LogP contribution < -0.4 is 15.5 Å². The van der Waals surface area contributed by atoms with Crippen molar-refractivity contribution >= 4 is 11.8 Å². The van der Waals surface area contributed by atoms with Crippen LogP contribution in [-0.2, 0) is 0 Å². The third kappa shape index (κ3) is 4.12. The van der Waals surface area contributed by atoms with E-state index in [4.69, 9.17) is 0 Å². The molecule has 0 bridgehead atoms. The van der Waals surface area contributed by atoms with Crippen molar-refractivity contribution in [1.29, 1.82) is 0 Å². The lowest BCUT2D eigenvalue weighted by Crippen LogP contribution is -2.22. The lowest BCUT2D eigenvalue weighted by atomic mass is 10.5. The summed E-state index contributed by atoms with van der Waals surface area (Å²) in [6, 6.07) is 1.87. The molecular formula is C10H19N5. The third-order valence-electron chi connectivity index (χ3n) is 1.90. The molecule has 1 rings (SSSR count). The zero-order chi connectivity index (χ0) is 11.1. The second-order valence-electron chi connectivity index (χ2n) is 3.42. The maximum atomic E-state index is 4.35. The fraction of sp³-hybridized carbons (Fsp3) is 0.600. The molecule has 0 aliphatic rings.